The highest BCUT2D eigenvalue weighted by Gasteiger charge is 2.23. The van der Waals surface area contributed by atoms with Crippen LogP contribution in [0, 0.1) is 13.8 Å². The molecule has 0 fully saturated rings. The molecule has 0 aliphatic heterocycles. The van der Waals surface area contributed by atoms with Gasteiger partial charge in [-0.05, 0) is 54.8 Å². The third kappa shape index (κ3) is 4.57. The Hall–Kier alpha value is -3.32. The zero-order chi connectivity index (χ0) is 21.1. The number of benzene rings is 2. The van der Waals surface area contributed by atoms with Gasteiger partial charge in [-0.2, -0.15) is 5.10 Å². The van der Waals surface area contributed by atoms with Crippen molar-refractivity contribution in [3.63, 3.8) is 0 Å². The van der Waals surface area contributed by atoms with Crippen LogP contribution in [0.3, 0.4) is 0 Å². The predicted octanol–water partition coefficient (Wildman–Crippen LogP) is 3.79. The van der Waals surface area contributed by atoms with Crippen LogP contribution in [0.1, 0.15) is 39.6 Å². The van der Waals surface area contributed by atoms with Gasteiger partial charge >= 0.3 is 5.97 Å². The van der Waals surface area contributed by atoms with E-state index in [2.05, 4.69) is 10.4 Å². The van der Waals surface area contributed by atoms with Crippen LogP contribution in [-0.2, 0) is 4.79 Å². The maximum atomic E-state index is 12.7. The number of carboxylic acids is 1. The van der Waals surface area contributed by atoms with E-state index in [0.29, 0.717) is 10.7 Å². The molecular weight excluding hydrogens is 394 g/mol. The zero-order valence-corrected chi connectivity index (χ0v) is 16.6. The lowest BCUT2D eigenvalue weighted by Crippen LogP contribution is -2.31. The zero-order valence-electron chi connectivity index (χ0n) is 15.9. The SMILES string of the molecule is Cc1cccc(C(CC(=O)O)NC(=O)c2cc(O)n(-c3ccc(Cl)cc3)n2)c1C. The normalized spacial score (nSPS) is 11.8. The van der Waals surface area contributed by atoms with Gasteiger partial charge in [0.25, 0.3) is 5.91 Å². The van der Waals surface area contributed by atoms with Gasteiger partial charge in [-0.1, -0.05) is 29.8 Å². The van der Waals surface area contributed by atoms with Crippen LogP contribution in [0.5, 0.6) is 5.88 Å². The van der Waals surface area contributed by atoms with E-state index in [1.165, 1.54) is 10.7 Å². The van der Waals surface area contributed by atoms with E-state index in [-0.39, 0.29) is 18.0 Å². The number of carbonyl (C=O) groups is 2. The van der Waals surface area contributed by atoms with Crippen molar-refractivity contribution in [2.75, 3.05) is 0 Å². The Kier molecular flexibility index (Phi) is 5.89. The quantitative estimate of drug-likeness (QED) is 0.570. The lowest BCUT2D eigenvalue weighted by atomic mass is 9.95. The predicted molar refractivity (Wildman–Crippen MR) is 109 cm³/mol. The number of amides is 1. The molecule has 3 rings (SSSR count). The molecule has 150 valence electrons. The summed E-state index contributed by atoms with van der Waals surface area (Å²) in [4.78, 5) is 24.1. The number of rotatable bonds is 6. The highest BCUT2D eigenvalue weighted by molar-refractivity contribution is 6.30. The first-order chi connectivity index (χ1) is 13.8. The van der Waals surface area contributed by atoms with Gasteiger partial charge in [-0.15, -0.1) is 0 Å². The molecule has 0 saturated heterocycles. The smallest absolute Gasteiger partial charge is 0.305 e. The fourth-order valence-corrected chi connectivity index (χ4v) is 3.18. The van der Waals surface area contributed by atoms with Crippen LogP contribution in [0.25, 0.3) is 5.69 Å². The summed E-state index contributed by atoms with van der Waals surface area (Å²) >= 11 is 5.87. The van der Waals surface area contributed by atoms with Crippen molar-refractivity contribution in [1.82, 2.24) is 15.1 Å². The molecule has 0 saturated carbocycles. The van der Waals surface area contributed by atoms with Crippen molar-refractivity contribution in [1.29, 1.82) is 0 Å². The Morgan fingerprint density at radius 1 is 1.17 bits per heavy atom. The summed E-state index contributed by atoms with van der Waals surface area (Å²) in [5.74, 6) is -1.84. The van der Waals surface area contributed by atoms with Crippen LogP contribution in [0.4, 0.5) is 0 Å². The maximum Gasteiger partial charge on any atom is 0.305 e. The number of carboxylic acid groups (broad SMARTS) is 1. The van der Waals surface area contributed by atoms with Gasteiger partial charge < -0.3 is 15.5 Å². The minimum atomic E-state index is -1.04. The van der Waals surface area contributed by atoms with E-state index in [9.17, 15) is 19.8 Å². The molecule has 0 bridgehead atoms. The first-order valence-electron chi connectivity index (χ1n) is 8.90. The molecule has 1 unspecified atom stereocenters. The number of halogens is 1. The van der Waals surface area contributed by atoms with Gasteiger partial charge in [0.2, 0.25) is 5.88 Å². The number of aromatic hydroxyl groups is 1. The fraction of sp³-hybridized carbons (Fsp3) is 0.190. The Morgan fingerprint density at radius 3 is 2.52 bits per heavy atom. The Bertz CT molecular complexity index is 1060. The maximum absolute atomic E-state index is 12.7. The number of aryl methyl sites for hydroxylation is 1. The number of nitrogens with one attached hydrogen (secondary N) is 1. The first-order valence-corrected chi connectivity index (χ1v) is 9.28. The van der Waals surface area contributed by atoms with Crippen LogP contribution >= 0.6 is 11.6 Å². The van der Waals surface area contributed by atoms with Gasteiger partial charge in [0.05, 0.1) is 18.2 Å². The molecule has 8 heteroatoms. The van der Waals surface area contributed by atoms with Gasteiger partial charge in [-0.25, -0.2) is 4.68 Å². The van der Waals surface area contributed by atoms with Crippen LogP contribution in [-0.4, -0.2) is 31.9 Å². The molecule has 0 radical (unpaired) electrons. The van der Waals surface area contributed by atoms with Crippen molar-refractivity contribution in [2.45, 2.75) is 26.3 Å². The average molecular weight is 414 g/mol. The third-order valence-electron chi connectivity index (χ3n) is 4.70. The first kappa shape index (κ1) is 20.4. The molecule has 2 aromatic carbocycles. The van der Waals surface area contributed by atoms with E-state index < -0.39 is 17.9 Å². The van der Waals surface area contributed by atoms with Crippen molar-refractivity contribution >= 4 is 23.5 Å². The molecule has 1 heterocycles. The molecule has 7 nitrogen and oxygen atoms in total. The second-order valence-corrected chi connectivity index (χ2v) is 7.13. The highest BCUT2D eigenvalue weighted by Crippen LogP contribution is 2.25. The molecule has 29 heavy (non-hydrogen) atoms. The molecular formula is C21H20ClN3O4. The van der Waals surface area contributed by atoms with Crippen LogP contribution in [0.2, 0.25) is 5.02 Å². The van der Waals surface area contributed by atoms with E-state index in [1.54, 1.807) is 30.3 Å². The molecule has 0 aliphatic rings. The van der Waals surface area contributed by atoms with Crippen molar-refractivity contribution in [3.8, 4) is 11.6 Å². The molecule has 0 aliphatic carbocycles. The molecule has 1 amide bonds. The highest BCUT2D eigenvalue weighted by atomic mass is 35.5. The molecule has 0 spiro atoms. The molecule has 3 aromatic rings. The summed E-state index contributed by atoms with van der Waals surface area (Å²) in [6.07, 6.45) is -0.278. The second kappa shape index (κ2) is 8.36. The number of hydrogen-bond donors (Lipinski definition) is 3. The minimum absolute atomic E-state index is 0.0295. The van der Waals surface area contributed by atoms with Gasteiger partial charge in [-0.3, -0.25) is 9.59 Å². The summed E-state index contributed by atoms with van der Waals surface area (Å²) in [7, 11) is 0. The third-order valence-corrected chi connectivity index (χ3v) is 4.95. The largest absolute Gasteiger partial charge is 0.493 e. The van der Waals surface area contributed by atoms with Crippen molar-refractivity contribution < 1.29 is 19.8 Å². The standard InChI is InChI=1S/C21H20ClN3O4/c1-12-4-3-5-16(13(12)2)17(11-20(27)28)23-21(29)18-10-19(26)25(24-18)15-8-6-14(22)7-9-15/h3-10,17,26H,11H2,1-2H3,(H,23,29)(H,27,28). The van der Waals surface area contributed by atoms with Gasteiger partial charge in [0, 0.05) is 11.1 Å². The Labute approximate surface area is 172 Å². The summed E-state index contributed by atoms with van der Waals surface area (Å²) in [6, 6.07) is 12.6. The Morgan fingerprint density at radius 2 is 1.86 bits per heavy atom. The van der Waals surface area contributed by atoms with E-state index in [1.807, 2.05) is 26.0 Å². The topological polar surface area (TPSA) is 104 Å². The lowest BCUT2D eigenvalue weighted by molar-refractivity contribution is -0.137. The molecule has 3 N–H and O–H groups in total. The van der Waals surface area contributed by atoms with Crippen molar-refractivity contribution in [3.05, 3.63) is 75.9 Å². The minimum Gasteiger partial charge on any atom is -0.493 e. The fourth-order valence-electron chi connectivity index (χ4n) is 3.05. The number of carbonyl (C=O) groups excluding carboxylic acids is 1. The second-order valence-electron chi connectivity index (χ2n) is 6.69. The summed E-state index contributed by atoms with van der Waals surface area (Å²) in [6.45, 7) is 3.80. The number of aromatic nitrogens is 2. The van der Waals surface area contributed by atoms with Gasteiger partial charge in [0.15, 0.2) is 5.69 Å². The summed E-state index contributed by atoms with van der Waals surface area (Å²) in [5, 5.41) is 26.9. The monoisotopic (exact) mass is 413 g/mol. The lowest BCUT2D eigenvalue weighted by Gasteiger charge is -2.20. The summed E-state index contributed by atoms with van der Waals surface area (Å²) in [5.41, 5.74) is 3.13. The molecule has 1 atom stereocenters. The number of hydrogen-bond acceptors (Lipinski definition) is 4. The van der Waals surface area contributed by atoms with E-state index in [0.717, 1.165) is 16.7 Å². The van der Waals surface area contributed by atoms with Crippen LogP contribution < -0.4 is 5.32 Å². The van der Waals surface area contributed by atoms with Crippen LogP contribution in [0.15, 0.2) is 48.5 Å². The van der Waals surface area contributed by atoms with Gasteiger partial charge in [0.1, 0.15) is 0 Å². The molecule has 1 aromatic heterocycles. The number of nitrogens with zero attached hydrogens (tertiary/aromatic N) is 2. The summed E-state index contributed by atoms with van der Waals surface area (Å²) < 4.78 is 1.20. The van der Waals surface area contributed by atoms with E-state index >= 15 is 0 Å². The van der Waals surface area contributed by atoms with Crippen molar-refractivity contribution in [2.24, 2.45) is 0 Å². The average Bonchev–Trinajstić information content (AvgIpc) is 3.05. The Balaban J connectivity index is 1.88. The van der Waals surface area contributed by atoms with E-state index in [4.69, 9.17) is 11.6 Å². The number of aliphatic carboxylic acids is 1.